The fourth-order valence-electron chi connectivity index (χ4n) is 1.85. The molecule has 0 spiro atoms. The van der Waals surface area contributed by atoms with Gasteiger partial charge in [-0.15, -0.1) is 0 Å². The summed E-state index contributed by atoms with van der Waals surface area (Å²) in [5, 5.41) is 5.75. The van der Waals surface area contributed by atoms with Crippen LogP contribution in [0.4, 0.5) is 11.5 Å². The predicted molar refractivity (Wildman–Crippen MR) is 87.0 cm³/mol. The van der Waals surface area contributed by atoms with E-state index < -0.39 is 0 Å². The number of hydrogen-bond donors (Lipinski definition) is 2. The number of para-hydroxylation sites is 2. The van der Waals surface area contributed by atoms with Gasteiger partial charge in [0.25, 0.3) is 5.91 Å². The van der Waals surface area contributed by atoms with Crippen LogP contribution in [0.1, 0.15) is 17.3 Å². The van der Waals surface area contributed by atoms with Crippen LogP contribution < -0.4 is 15.4 Å². The summed E-state index contributed by atoms with van der Waals surface area (Å²) in [6.45, 7) is 2.43. The molecule has 21 heavy (non-hydrogen) atoms. The van der Waals surface area contributed by atoms with Crippen LogP contribution in [0.2, 0.25) is 0 Å². The zero-order valence-corrected chi connectivity index (χ0v) is 13.4. The van der Waals surface area contributed by atoms with Crippen molar-refractivity contribution in [2.75, 3.05) is 24.3 Å². The molecule has 0 saturated carbocycles. The standard InChI is InChI=1S/C15H16BrN3O2/c1-3-21-13-7-5-4-6-12(13)19-15(20)11-8-10(16)9-18-14(11)17-2/h4-9H,3H2,1-2H3,(H,17,18)(H,19,20). The molecule has 0 bridgehead atoms. The van der Waals surface area contributed by atoms with Gasteiger partial charge in [-0.1, -0.05) is 12.1 Å². The molecule has 5 nitrogen and oxygen atoms in total. The Labute approximate surface area is 131 Å². The molecular weight excluding hydrogens is 334 g/mol. The number of hydrogen-bond acceptors (Lipinski definition) is 4. The van der Waals surface area contributed by atoms with E-state index in [-0.39, 0.29) is 5.91 Å². The number of anilines is 2. The van der Waals surface area contributed by atoms with Crippen molar-refractivity contribution in [3.8, 4) is 5.75 Å². The summed E-state index contributed by atoms with van der Waals surface area (Å²) in [5.74, 6) is 0.909. The molecule has 6 heteroatoms. The Hall–Kier alpha value is -2.08. The van der Waals surface area contributed by atoms with Crippen molar-refractivity contribution in [1.29, 1.82) is 0 Å². The molecule has 1 aromatic heterocycles. The molecule has 1 aromatic carbocycles. The van der Waals surface area contributed by atoms with Gasteiger partial charge in [-0.05, 0) is 41.1 Å². The van der Waals surface area contributed by atoms with Crippen molar-refractivity contribution in [2.24, 2.45) is 0 Å². The summed E-state index contributed by atoms with van der Waals surface area (Å²) in [5.41, 5.74) is 1.09. The van der Waals surface area contributed by atoms with Crippen LogP contribution in [0, 0.1) is 0 Å². The number of carbonyl (C=O) groups is 1. The minimum atomic E-state index is -0.250. The van der Waals surface area contributed by atoms with Crippen LogP contribution in [0.25, 0.3) is 0 Å². The molecule has 0 aliphatic carbocycles. The number of pyridine rings is 1. The fraction of sp³-hybridized carbons (Fsp3) is 0.200. The molecule has 0 saturated heterocycles. The maximum Gasteiger partial charge on any atom is 0.259 e. The number of nitrogens with one attached hydrogen (secondary N) is 2. The molecule has 0 aliphatic heterocycles. The average molecular weight is 350 g/mol. The second-order valence-corrected chi connectivity index (χ2v) is 5.10. The van der Waals surface area contributed by atoms with Crippen molar-refractivity contribution in [1.82, 2.24) is 4.98 Å². The van der Waals surface area contributed by atoms with Crippen LogP contribution in [0.5, 0.6) is 5.75 Å². The lowest BCUT2D eigenvalue weighted by molar-refractivity contribution is 0.102. The molecule has 110 valence electrons. The van der Waals surface area contributed by atoms with Gasteiger partial charge in [-0.25, -0.2) is 4.98 Å². The monoisotopic (exact) mass is 349 g/mol. The summed E-state index contributed by atoms with van der Waals surface area (Å²) in [6, 6.07) is 9.04. The molecule has 1 heterocycles. The van der Waals surface area contributed by atoms with E-state index in [1.54, 1.807) is 25.4 Å². The first-order valence-electron chi connectivity index (χ1n) is 6.52. The number of ether oxygens (including phenoxy) is 1. The first-order chi connectivity index (χ1) is 10.2. The molecule has 1 amide bonds. The van der Waals surface area contributed by atoms with Crippen molar-refractivity contribution in [3.63, 3.8) is 0 Å². The van der Waals surface area contributed by atoms with E-state index in [9.17, 15) is 4.79 Å². The highest BCUT2D eigenvalue weighted by molar-refractivity contribution is 9.10. The second-order valence-electron chi connectivity index (χ2n) is 4.18. The van der Waals surface area contributed by atoms with Gasteiger partial charge in [-0.3, -0.25) is 4.79 Å². The average Bonchev–Trinajstić information content (AvgIpc) is 2.49. The normalized spacial score (nSPS) is 10.0. The maximum atomic E-state index is 12.4. The molecule has 0 aliphatic rings. The van der Waals surface area contributed by atoms with Crippen molar-refractivity contribution < 1.29 is 9.53 Å². The zero-order valence-electron chi connectivity index (χ0n) is 11.8. The van der Waals surface area contributed by atoms with Crippen LogP contribution >= 0.6 is 15.9 Å². The number of nitrogens with zero attached hydrogens (tertiary/aromatic N) is 1. The third-order valence-corrected chi connectivity index (χ3v) is 3.20. The van der Waals surface area contributed by atoms with Gasteiger partial charge in [0.05, 0.1) is 17.9 Å². The Morgan fingerprint density at radius 1 is 1.38 bits per heavy atom. The Morgan fingerprint density at radius 3 is 2.86 bits per heavy atom. The molecule has 0 fully saturated rings. The molecule has 2 N–H and O–H groups in total. The number of aromatic nitrogens is 1. The van der Waals surface area contributed by atoms with Crippen LogP contribution in [-0.4, -0.2) is 24.5 Å². The molecule has 0 radical (unpaired) electrons. The lowest BCUT2D eigenvalue weighted by atomic mass is 10.2. The summed E-state index contributed by atoms with van der Waals surface area (Å²) in [7, 11) is 1.72. The van der Waals surface area contributed by atoms with E-state index in [4.69, 9.17) is 4.74 Å². The van der Waals surface area contributed by atoms with Crippen LogP contribution in [0.3, 0.4) is 0 Å². The Balaban J connectivity index is 2.28. The van der Waals surface area contributed by atoms with Crippen molar-refractivity contribution in [3.05, 3.63) is 46.6 Å². The number of rotatable bonds is 5. The summed E-state index contributed by atoms with van der Waals surface area (Å²) in [4.78, 5) is 16.6. The third kappa shape index (κ3) is 3.72. The predicted octanol–water partition coefficient (Wildman–Crippen LogP) is 3.54. The highest BCUT2D eigenvalue weighted by Crippen LogP contribution is 2.25. The highest BCUT2D eigenvalue weighted by Gasteiger charge is 2.14. The third-order valence-electron chi connectivity index (χ3n) is 2.77. The van der Waals surface area contributed by atoms with Gasteiger partial charge in [0, 0.05) is 17.7 Å². The lowest BCUT2D eigenvalue weighted by Crippen LogP contribution is -2.15. The SMILES string of the molecule is CCOc1ccccc1NC(=O)c1cc(Br)cnc1NC. The van der Waals surface area contributed by atoms with E-state index in [1.165, 1.54) is 0 Å². The van der Waals surface area contributed by atoms with Gasteiger partial charge >= 0.3 is 0 Å². The van der Waals surface area contributed by atoms with Gasteiger partial charge in [0.15, 0.2) is 0 Å². The second kappa shape index (κ2) is 7.08. The van der Waals surface area contributed by atoms with Gasteiger partial charge in [0.1, 0.15) is 11.6 Å². The van der Waals surface area contributed by atoms with E-state index in [2.05, 4.69) is 31.5 Å². The molecule has 0 atom stereocenters. The number of amides is 1. The largest absolute Gasteiger partial charge is 0.492 e. The Bertz CT molecular complexity index is 647. The van der Waals surface area contributed by atoms with Gasteiger partial charge in [-0.2, -0.15) is 0 Å². The van der Waals surface area contributed by atoms with Gasteiger partial charge < -0.3 is 15.4 Å². The molecular formula is C15H16BrN3O2. The Morgan fingerprint density at radius 2 is 2.14 bits per heavy atom. The fourth-order valence-corrected chi connectivity index (χ4v) is 2.18. The van der Waals surface area contributed by atoms with Crippen LogP contribution in [-0.2, 0) is 0 Å². The quantitative estimate of drug-likeness (QED) is 0.866. The summed E-state index contributed by atoms with van der Waals surface area (Å²) in [6.07, 6.45) is 1.64. The molecule has 0 unspecified atom stereocenters. The zero-order chi connectivity index (χ0) is 15.2. The first kappa shape index (κ1) is 15.3. The summed E-state index contributed by atoms with van der Waals surface area (Å²) < 4.78 is 6.24. The van der Waals surface area contributed by atoms with Gasteiger partial charge in [0.2, 0.25) is 0 Å². The number of carbonyl (C=O) groups excluding carboxylic acids is 1. The highest BCUT2D eigenvalue weighted by atomic mass is 79.9. The maximum absolute atomic E-state index is 12.4. The smallest absolute Gasteiger partial charge is 0.259 e. The summed E-state index contributed by atoms with van der Waals surface area (Å²) >= 11 is 3.32. The van der Waals surface area contributed by atoms with E-state index in [0.29, 0.717) is 29.4 Å². The topological polar surface area (TPSA) is 63.2 Å². The molecule has 2 aromatic rings. The minimum absolute atomic E-state index is 0.250. The van der Waals surface area contributed by atoms with E-state index in [0.717, 1.165) is 4.47 Å². The number of halogens is 1. The lowest BCUT2D eigenvalue weighted by Gasteiger charge is -2.13. The molecule has 2 rings (SSSR count). The van der Waals surface area contributed by atoms with Crippen molar-refractivity contribution >= 4 is 33.3 Å². The first-order valence-corrected chi connectivity index (χ1v) is 7.31. The van der Waals surface area contributed by atoms with Crippen molar-refractivity contribution in [2.45, 2.75) is 6.92 Å². The Kier molecular flexibility index (Phi) is 5.16. The van der Waals surface area contributed by atoms with E-state index >= 15 is 0 Å². The number of benzene rings is 1. The van der Waals surface area contributed by atoms with E-state index in [1.807, 2.05) is 25.1 Å². The minimum Gasteiger partial charge on any atom is -0.492 e. The van der Waals surface area contributed by atoms with Crippen LogP contribution in [0.15, 0.2) is 41.0 Å².